The minimum absolute atomic E-state index is 0.0611. The summed E-state index contributed by atoms with van der Waals surface area (Å²) in [4.78, 5) is 24.9. The van der Waals surface area contributed by atoms with Crippen LogP contribution in [0.2, 0.25) is 0 Å². The number of hydrogen-bond acceptors (Lipinski definition) is 3. The van der Waals surface area contributed by atoms with E-state index in [9.17, 15) is 9.59 Å². The van der Waals surface area contributed by atoms with Crippen molar-refractivity contribution >= 4 is 28.3 Å². The van der Waals surface area contributed by atoms with Crippen molar-refractivity contribution in [3.8, 4) is 5.75 Å². The molecule has 0 saturated carbocycles. The molecule has 3 aromatic rings. The molecule has 0 aromatic heterocycles. The summed E-state index contributed by atoms with van der Waals surface area (Å²) < 4.78 is 5.72. The lowest BCUT2D eigenvalue weighted by atomic mass is 10.1. The van der Waals surface area contributed by atoms with Crippen LogP contribution >= 0.6 is 0 Å². The van der Waals surface area contributed by atoms with Gasteiger partial charge in [0.2, 0.25) is 0 Å². The number of fused-ring (bicyclic) bond motifs is 1. The van der Waals surface area contributed by atoms with Gasteiger partial charge in [0.05, 0.1) is 11.3 Å². The molecular formula is C23H24N2O3. The smallest absolute Gasteiger partial charge is 0.262 e. The molecule has 0 aliphatic heterocycles. The zero-order valence-electron chi connectivity index (χ0n) is 16.1. The third kappa shape index (κ3) is 4.68. The minimum Gasteiger partial charge on any atom is -0.483 e. The van der Waals surface area contributed by atoms with Gasteiger partial charge in [-0.3, -0.25) is 9.59 Å². The van der Waals surface area contributed by atoms with Crippen LogP contribution in [0.3, 0.4) is 0 Å². The summed E-state index contributed by atoms with van der Waals surface area (Å²) in [5, 5.41) is 7.69. The molecule has 0 saturated heterocycles. The van der Waals surface area contributed by atoms with Crippen LogP contribution in [0.4, 0.5) is 5.69 Å². The summed E-state index contributed by atoms with van der Waals surface area (Å²) in [6, 6.07) is 20.6. The number of carbonyl (C=O) groups excluding carboxylic acids is 2. The Bertz CT molecular complexity index is 979. The van der Waals surface area contributed by atoms with Crippen LogP contribution < -0.4 is 15.4 Å². The second-order valence-corrected chi connectivity index (χ2v) is 6.64. The molecular weight excluding hydrogens is 352 g/mol. The Morgan fingerprint density at radius 2 is 1.68 bits per heavy atom. The van der Waals surface area contributed by atoms with Gasteiger partial charge < -0.3 is 15.4 Å². The quantitative estimate of drug-likeness (QED) is 0.643. The van der Waals surface area contributed by atoms with E-state index in [2.05, 4.69) is 10.6 Å². The van der Waals surface area contributed by atoms with Crippen molar-refractivity contribution < 1.29 is 14.3 Å². The first-order valence-corrected chi connectivity index (χ1v) is 9.38. The Balaban J connectivity index is 1.68. The molecule has 0 heterocycles. The van der Waals surface area contributed by atoms with Crippen LogP contribution in [-0.2, 0) is 4.79 Å². The van der Waals surface area contributed by atoms with Gasteiger partial charge in [0.1, 0.15) is 5.75 Å². The number of carbonyl (C=O) groups is 2. The molecule has 3 aromatic carbocycles. The minimum atomic E-state index is -0.322. The SMILES string of the molecule is CC[C@@H](C)NC(=O)c1ccccc1NC(=O)COc1cccc2ccccc12. The third-order valence-electron chi connectivity index (χ3n) is 4.54. The highest BCUT2D eigenvalue weighted by molar-refractivity contribution is 6.04. The first kappa shape index (κ1) is 19.4. The molecule has 1 atom stereocenters. The molecule has 0 fully saturated rings. The molecule has 0 aliphatic carbocycles. The van der Waals surface area contributed by atoms with Crippen LogP contribution in [0, 0.1) is 0 Å². The molecule has 5 nitrogen and oxygen atoms in total. The van der Waals surface area contributed by atoms with Gasteiger partial charge in [-0.05, 0) is 36.9 Å². The van der Waals surface area contributed by atoms with E-state index in [-0.39, 0.29) is 24.5 Å². The van der Waals surface area contributed by atoms with E-state index >= 15 is 0 Å². The Morgan fingerprint density at radius 1 is 0.964 bits per heavy atom. The Labute approximate surface area is 164 Å². The molecule has 2 amide bonds. The number of nitrogens with one attached hydrogen (secondary N) is 2. The summed E-state index contributed by atoms with van der Waals surface area (Å²) in [7, 11) is 0. The van der Waals surface area contributed by atoms with Crippen molar-refractivity contribution in [1.82, 2.24) is 5.32 Å². The number of anilines is 1. The van der Waals surface area contributed by atoms with Gasteiger partial charge in [0.25, 0.3) is 11.8 Å². The van der Waals surface area contributed by atoms with Crippen molar-refractivity contribution in [2.45, 2.75) is 26.3 Å². The monoisotopic (exact) mass is 376 g/mol. The normalized spacial score (nSPS) is 11.6. The Hall–Kier alpha value is -3.34. The van der Waals surface area contributed by atoms with E-state index in [4.69, 9.17) is 4.74 Å². The standard InChI is InChI=1S/C23H24N2O3/c1-3-16(2)24-23(27)19-12-6-7-13-20(19)25-22(26)15-28-21-14-8-10-17-9-4-5-11-18(17)21/h4-14,16H,3,15H2,1-2H3,(H,24,27)(H,25,26)/t16-/m1/s1. The summed E-state index contributed by atoms with van der Waals surface area (Å²) in [5.41, 5.74) is 0.899. The molecule has 5 heteroatoms. The van der Waals surface area contributed by atoms with Gasteiger partial charge in [0.15, 0.2) is 6.61 Å². The fraction of sp³-hybridized carbons (Fsp3) is 0.217. The molecule has 144 valence electrons. The molecule has 0 radical (unpaired) electrons. The lowest BCUT2D eigenvalue weighted by Gasteiger charge is -2.15. The van der Waals surface area contributed by atoms with Crippen molar-refractivity contribution in [1.29, 1.82) is 0 Å². The lowest BCUT2D eigenvalue weighted by molar-refractivity contribution is -0.118. The van der Waals surface area contributed by atoms with Crippen LogP contribution in [0.25, 0.3) is 10.8 Å². The molecule has 0 bridgehead atoms. The largest absolute Gasteiger partial charge is 0.483 e. The molecule has 3 rings (SSSR count). The van der Waals surface area contributed by atoms with E-state index in [0.717, 1.165) is 17.2 Å². The average Bonchev–Trinajstić information content (AvgIpc) is 2.72. The molecule has 0 unspecified atom stereocenters. The second-order valence-electron chi connectivity index (χ2n) is 6.64. The van der Waals surface area contributed by atoms with E-state index in [1.165, 1.54) is 0 Å². The first-order chi connectivity index (χ1) is 13.6. The van der Waals surface area contributed by atoms with Gasteiger partial charge in [-0.25, -0.2) is 0 Å². The highest BCUT2D eigenvalue weighted by Gasteiger charge is 2.15. The van der Waals surface area contributed by atoms with Crippen LogP contribution in [0.5, 0.6) is 5.75 Å². The maximum Gasteiger partial charge on any atom is 0.262 e. The van der Waals surface area contributed by atoms with Crippen molar-refractivity contribution in [2.24, 2.45) is 0 Å². The summed E-state index contributed by atoms with van der Waals surface area (Å²) >= 11 is 0. The molecule has 0 spiro atoms. The highest BCUT2D eigenvalue weighted by Crippen LogP contribution is 2.25. The van der Waals surface area contributed by atoms with Crippen LogP contribution in [0.1, 0.15) is 30.6 Å². The summed E-state index contributed by atoms with van der Waals surface area (Å²) in [6.07, 6.45) is 0.832. The van der Waals surface area contributed by atoms with Gasteiger partial charge in [-0.1, -0.05) is 55.5 Å². The maximum atomic E-state index is 12.4. The first-order valence-electron chi connectivity index (χ1n) is 9.38. The number of rotatable bonds is 7. The summed E-state index contributed by atoms with van der Waals surface area (Å²) in [6.45, 7) is 3.80. The predicted molar refractivity (Wildman–Crippen MR) is 112 cm³/mol. The van der Waals surface area contributed by atoms with Crippen molar-refractivity contribution in [3.63, 3.8) is 0 Å². The highest BCUT2D eigenvalue weighted by atomic mass is 16.5. The predicted octanol–water partition coefficient (Wildman–Crippen LogP) is 4.39. The number of ether oxygens (including phenoxy) is 1. The zero-order valence-corrected chi connectivity index (χ0v) is 16.1. The summed E-state index contributed by atoms with van der Waals surface area (Å²) in [5.74, 6) is 0.119. The fourth-order valence-electron chi connectivity index (χ4n) is 2.84. The van der Waals surface area contributed by atoms with Crippen molar-refractivity contribution in [2.75, 3.05) is 11.9 Å². The third-order valence-corrected chi connectivity index (χ3v) is 4.54. The van der Waals surface area contributed by atoms with E-state index < -0.39 is 0 Å². The topological polar surface area (TPSA) is 67.4 Å². The van der Waals surface area contributed by atoms with Crippen LogP contribution in [-0.4, -0.2) is 24.5 Å². The number of para-hydroxylation sites is 1. The van der Waals surface area contributed by atoms with Gasteiger partial charge >= 0.3 is 0 Å². The average molecular weight is 376 g/mol. The molecule has 2 N–H and O–H groups in total. The van der Waals surface area contributed by atoms with E-state index in [1.807, 2.05) is 56.3 Å². The molecule has 28 heavy (non-hydrogen) atoms. The number of hydrogen-bond donors (Lipinski definition) is 2. The number of amides is 2. The van der Waals surface area contributed by atoms with Gasteiger partial charge in [-0.2, -0.15) is 0 Å². The van der Waals surface area contributed by atoms with Gasteiger partial charge in [-0.15, -0.1) is 0 Å². The Kier molecular flexibility index (Phi) is 6.27. The van der Waals surface area contributed by atoms with Gasteiger partial charge in [0, 0.05) is 11.4 Å². The second kappa shape index (κ2) is 9.04. The van der Waals surface area contributed by atoms with E-state index in [1.54, 1.807) is 24.3 Å². The van der Waals surface area contributed by atoms with Crippen molar-refractivity contribution in [3.05, 3.63) is 72.3 Å². The number of benzene rings is 3. The van der Waals surface area contributed by atoms with Crippen LogP contribution in [0.15, 0.2) is 66.7 Å². The maximum absolute atomic E-state index is 12.4. The zero-order chi connectivity index (χ0) is 19.9. The fourth-order valence-corrected chi connectivity index (χ4v) is 2.84. The Morgan fingerprint density at radius 3 is 2.50 bits per heavy atom. The molecule has 0 aliphatic rings. The van der Waals surface area contributed by atoms with E-state index in [0.29, 0.717) is 17.0 Å². The lowest BCUT2D eigenvalue weighted by Crippen LogP contribution is -2.33.